The highest BCUT2D eigenvalue weighted by Crippen LogP contribution is 2.40. The minimum Gasteiger partial charge on any atom is -0.396 e. The van der Waals surface area contributed by atoms with Crippen molar-refractivity contribution in [2.24, 2.45) is 17.8 Å². The van der Waals surface area contributed by atoms with E-state index in [0.29, 0.717) is 36.5 Å². The summed E-state index contributed by atoms with van der Waals surface area (Å²) in [6.07, 6.45) is 6.52. The van der Waals surface area contributed by atoms with Crippen molar-refractivity contribution in [3.8, 4) is 0 Å². The lowest BCUT2D eigenvalue weighted by Gasteiger charge is -2.35. The quantitative estimate of drug-likeness (QED) is 0.664. The fraction of sp³-hybridized carbons (Fsp3) is 1.00. The third-order valence-corrected chi connectivity index (χ3v) is 4.93. The van der Waals surface area contributed by atoms with Gasteiger partial charge in [-0.3, -0.25) is 4.84 Å². The van der Waals surface area contributed by atoms with Crippen LogP contribution in [0.3, 0.4) is 0 Å². The first-order valence-corrected chi connectivity index (χ1v) is 7.13. The van der Waals surface area contributed by atoms with Gasteiger partial charge in [0.1, 0.15) is 0 Å². The fourth-order valence-corrected chi connectivity index (χ4v) is 3.94. The molecule has 0 amide bonds. The van der Waals surface area contributed by atoms with Crippen molar-refractivity contribution >= 4 is 0 Å². The molecule has 3 N–H and O–H groups in total. The van der Waals surface area contributed by atoms with E-state index in [4.69, 9.17) is 4.84 Å². The summed E-state index contributed by atoms with van der Waals surface area (Å²) in [6.45, 7) is 2.56. The highest BCUT2D eigenvalue weighted by molar-refractivity contribution is 4.96. The van der Waals surface area contributed by atoms with Crippen LogP contribution >= 0.6 is 0 Å². The minimum absolute atomic E-state index is 0.302. The van der Waals surface area contributed by atoms with Crippen molar-refractivity contribution in [3.63, 3.8) is 0 Å². The van der Waals surface area contributed by atoms with Crippen LogP contribution in [-0.2, 0) is 4.84 Å². The molecule has 98 valence electrons. The fourth-order valence-electron chi connectivity index (χ4n) is 3.94. The normalized spacial score (nSPS) is 43.6. The summed E-state index contributed by atoms with van der Waals surface area (Å²) in [5, 5.41) is 12.8. The number of hydroxylamine groups is 1. The smallest absolute Gasteiger partial charge is 0.0863 e. The maximum atomic E-state index is 9.43. The molecule has 4 heteroatoms. The minimum atomic E-state index is 0.302. The van der Waals surface area contributed by atoms with Crippen molar-refractivity contribution in [2.75, 3.05) is 19.7 Å². The number of hydrogen-bond donors (Lipinski definition) is 3. The Kier molecular flexibility index (Phi) is 3.66. The number of piperidine rings is 1. The Balaban J connectivity index is 1.67. The van der Waals surface area contributed by atoms with Gasteiger partial charge in [-0.25, -0.2) is 0 Å². The van der Waals surface area contributed by atoms with Gasteiger partial charge in [-0.2, -0.15) is 5.48 Å². The maximum absolute atomic E-state index is 9.43. The largest absolute Gasteiger partial charge is 0.396 e. The van der Waals surface area contributed by atoms with E-state index >= 15 is 0 Å². The van der Waals surface area contributed by atoms with Gasteiger partial charge < -0.3 is 10.4 Å². The van der Waals surface area contributed by atoms with Gasteiger partial charge in [0.25, 0.3) is 0 Å². The molecular weight excluding hydrogens is 216 g/mol. The average molecular weight is 240 g/mol. The van der Waals surface area contributed by atoms with Crippen LogP contribution in [0.5, 0.6) is 0 Å². The van der Waals surface area contributed by atoms with Crippen molar-refractivity contribution in [1.29, 1.82) is 0 Å². The number of hydrogen-bond acceptors (Lipinski definition) is 4. The van der Waals surface area contributed by atoms with E-state index in [1.165, 1.54) is 25.7 Å². The molecular formula is C13H24N2O2. The summed E-state index contributed by atoms with van der Waals surface area (Å²) in [7, 11) is 0. The molecule has 17 heavy (non-hydrogen) atoms. The molecule has 0 radical (unpaired) electrons. The zero-order valence-electron chi connectivity index (χ0n) is 10.4. The molecule has 3 rings (SSSR count). The molecule has 2 heterocycles. The molecule has 2 aliphatic heterocycles. The first kappa shape index (κ1) is 11.9. The molecule has 0 aromatic rings. The zero-order valence-corrected chi connectivity index (χ0v) is 10.4. The Morgan fingerprint density at radius 1 is 1.12 bits per heavy atom. The Labute approximate surface area is 103 Å². The lowest BCUT2D eigenvalue weighted by atomic mass is 9.72. The standard InChI is InChI=1S/C13H24N2O2/c16-8-10-2-1-3-11-12(10)15-17-13(11)9-4-6-14-7-5-9/h9-16H,1-8H2. The number of rotatable bonds is 2. The van der Waals surface area contributed by atoms with E-state index in [1.807, 2.05) is 0 Å². The van der Waals surface area contributed by atoms with E-state index in [1.54, 1.807) is 0 Å². The molecule has 1 saturated carbocycles. The summed E-state index contributed by atoms with van der Waals surface area (Å²) >= 11 is 0. The average Bonchev–Trinajstić information content (AvgIpc) is 2.83. The summed E-state index contributed by atoms with van der Waals surface area (Å²) in [5.74, 6) is 1.74. The van der Waals surface area contributed by atoms with Crippen LogP contribution in [0, 0.1) is 17.8 Å². The Morgan fingerprint density at radius 3 is 2.71 bits per heavy atom. The van der Waals surface area contributed by atoms with E-state index in [9.17, 15) is 5.11 Å². The summed E-state index contributed by atoms with van der Waals surface area (Å²) in [6, 6.07) is 0.397. The molecule has 0 aromatic heterocycles. The third kappa shape index (κ3) is 2.24. The van der Waals surface area contributed by atoms with E-state index in [0.717, 1.165) is 19.5 Å². The third-order valence-electron chi connectivity index (χ3n) is 4.93. The van der Waals surface area contributed by atoms with Crippen molar-refractivity contribution in [2.45, 2.75) is 44.2 Å². The lowest BCUT2D eigenvalue weighted by Crippen LogP contribution is -2.43. The lowest BCUT2D eigenvalue weighted by molar-refractivity contribution is -0.0244. The second kappa shape index (κ2) is 5.22. The Bertz CT molecular complexity index is 256. The van der Waals surface area contributed by atoms with Gasteiger partial charge in [0.15, 0.2) is 0 Å². The molecule has 4 nitrogen and oxygen atoms in total. The first-order valence-electron chi connectivity index (χ1n) is 7.13. The van der Waals surface area contributed by atoms with Crippen LogP contribution in [0.2, 0.25) is 0 Å². The van der Waals surface area contributed by atoms with Crippen LogP contribution in [0.1, 0.15) is 32.1 Å². The Hall–Kier alpha value is -0.160. The molecule has 0 spiro atoms. The van der Waals surface area contributed by atoms with Gasteiger partial charge in [-0.15, -0.1) is 0 Å². The number of fused-ring (bicyclic) bond motifs is 1. The van der Waals surface area contributed by atoms with Crippen molar-refractivity contribution in [1.82, 2.24) is 10.8 Å². The summed E-state index contributed by atoms with van der Waals surface area (Å²) < 4.78 is 0. The van der Waals surface area contributed by atoms with Gasteiger partial charge >= 0.3 is 0 Å². The van der Waals surface area contributed by atoms with Crippen LogP contribution in [0.4, 0.5) is 0 Å². The molecule has 3 aliphatic rings. The number of nitrogens with one attached hydrogen (secondary N) is 2. The predicted octanol–water partition coefficient (Wildman–Crippen LogP) is 0.667. The maximum Gasteiger partial charge on any atom is 0.0863 e. The van der Waals surface area contributed by atoms with Crippen LogP contribution < -0.4 is 10.8 Å². The monoisotopic (exact) mass is 240 g/mol. The van der Waals surface area contributed by atoms with E-state index in [-0.39, 0.29) is 0 Å². The van der Waals surface area contributed by atoms with Crippen LogP contribution in [0.25, 0.3) is 0 Å². The summed E-state index contributed by atoms with van der Waals surface area (Å²) in [5.41, 5.74) is 3.23. The molecule has 2 saturated heterocycles. The topological polar surface area (TPSA) is 53.5 Å². The van der Waals surface area contributed by atoms with E-state index < -0.39 is 0 Å². The van der Waals surface area contributed by atoms with Gasteiger partial charge in [-0.05, 0) is 50.6 Å². The molecule has 4 atom stereocenters. The van der Waals surface area contributed by atoms with Crippen LogP contribution in [0.15, 0.2) is 0 Å². The second-order valence-corrected chi connectivity index (χ2v) is 5.85. The predicted molar refractivity (Wildman–Crippen MR) is 65.3 cm³/mol. The van der Waals surface area contributed by atoms with Gasteiger partial charge in [0.2, 0.25) is 0 Å². The Morgan fingerprint density at radius 2 is 1.94 bits per heavy atom. The zero-order chi connectivity index (χ0) is 11.7. The second-order valence-electron chi connectivity index (χ2n) is 5.85. The van der Waals surface area contributed by atoms with Gasteiger partial charge in [0.05, 0.1) is 6.10 Å². The van der Waals surface area contributed by atoms with Crippen LogP contribution in [-0.4, -0.2) is 36.9 Å². The molecule has 1 aliphatic carbocycles. The van der Waals surface area contributed by atoms with Crippen molar-refractivity contribution < 1.29 is 9.94 Å². The number of aliphatic hydroxyl groups excluding tert-OH is 1. The molecule has 4 unspecified atom stereocenters. The summed E-state index contributed by atoms with van der Waals surface area (Å²) in [4.78, 5) is 5.88. The number of aliphatic hydroxyl groups is 1. The van der Waals surface area contributed by atoms with Gasteiger partial charge in [-0.1, -0.05) is 6.42 Å². The highest BCUT2D eigenvalue weighted by Gasteiger charge is 2.46. The molecule has 3 fully saturated rings. The van der Waals surface area contributed by atoms with Gasteiger partial charge in [0, 0.05) is 18.6 Å². The molecule has 0 bridgehead atoms. The SMILES string of the molecule is OCC1CCCC2C1NOC2C1CCNCC1. The van der Waals surface area contributed by atoms with E-state index in [2.05, 4.69) is 10.8 Å². The van der Waals surface area contributed by atoms with Crippen molar-refractivity contribution in [3.05, 3.63) is 0 Å². The highest BCUT2D eigenvalue weighted by atomic mass is 16.7. The molecule has 0 aromatic carbocycles. The first-order chi connectivity index (χ1) is 8.40.